The maximum absolute atomic E-state index is 5.88. The summed E-state index contributed by atoms with van der Waals surface area (Å²) in [6.45, 7) is 4.30. The number of nitrogen functional groups attached to an aromatic ring is 1. The zero-order valence-electron chi connectivity index (χ0n) is 10.6. The predicted molar refractivity (Wildman–Crippen MR) is 76.8 cm³/mol. The number of benzene rings is 1. The van der Waals surface area contributed by atoms with E-state index in [2.05, 4.69) is 52.1 Å². The molecule has 0 unspecified atom stereocenters. The summed E-state index contributed by atoms with van der Waals surface area (Å²) in [6.07, 6.45) is 1.71. The number of nitrogens with one attached hydrogen (secondary N) is 1. The average Bonchev–Trinajstić information content (AvgIpc) is 2.74. The van der Waals surface area contributed by atoms with Crippen molar-refractivity contribution in [3.8, 4) is 16.9 Å². The van der Waals surface area contributed by atoms with Crippen LogP contribution in [-0.2, 0) is 0 Å². The number of hydrogen-bond acceptors (Lipinski definition) is 3. The first-order chi connectivity index (χ1) is 8.54. The van der Waals surface area contributed by atoms with E-state index in [0.29, 0.717) is 11.7 Å². The van der Waals surface area contributed by atoms with Crippen LogP contribution in [0.1, 0.15) is 25.3 Å². The molecule has 4 nitrogen and oxygen atoms in total. The van der Waals surface area contributed by atoms with Gasteiger partial charge in [-0.15, -0.1) is 0 Å². The summed E-state index contributed by atoms with van der Waals surface area (Å²) in [6, 6.07) is 4.17. The van der Waals surface area contributed by atoms with Gasteiger partial charge in [-0.2, -0.15) is 5.10 Å². The number of nitrogens with zero attached hydrogens (tertiary/aromatic N) is 1. The Balaban J connectivity index is 2.67. The van der Waals surface area contributed by atoms with Crippen LogP contribution in [0.3, 0.4) is 0 Å². The number of hydrogen-bond donors (Lipinski definition) is 2. The van der Waals surface area contributed by atoms with Crippen molar-refractivity contribution < 1.29 is 4.74 Å². The minimum atomic E-state index is 0.430. The molecule has 2 aromatic rings. The van der Waals surface area contributed by atoms with E-state index >= 15 is 0 Å². The first kappa shape index (κ1) is 13.0. The normalized spacial score (nSPS) is 10.9. The van der Waals surface area contributed by atoms with Gasteiger partial charge in [0.2, 0.25) is 0 Å². The monoisotopic (exact) mass is 309 g/mol. The Morgan fingerprint density at radius 2 is 2.06 bits per heavy atom. The van der Waals surface area contributed by atoms with E-state index in [1.165, 1.54) is 5.56 Å². The van der Waals surface area contributed by atoms with Gasteiger partial charge in [0.05, 0.1) is 17.8 Å². The molecule has 0 aliphatic heterocycles. The smallest absolute Gasteiger partial charge is 0.141 e. The summed E-state index contributed by atoms with van der Waals surface area (Å²) in [7, 11) is 1.65. The van der Waals surface area contributed by atoms with Crippen LogP contribution in [-0.4, -0.2) is 17.3 Å². The molecule has 5 heteroatoms. The quantitative estimate of drug-likeness (QED) is 0.911. The van der Waals surface area contributed by atoms with Crippen LogP contribution in [0.2, 0.25) is 0 Å². The highest BCUT2D eigenvalue weighted by atomic mass is 79.9. The van der Waals surface area contributed by atoms with E-state index in [1.54, 1.807) is 13.3 Å². The van der Waals surface area contributed by atoms with Gasteiger partial charge in [-0.3, -0.25) is 5.10 Å². The number of halogens is 1. The third-order valence-electron chi connectivity index (χ3n) is 2.90. The average molecular weight is 310 g/mol. The Morgan fingerprint density at radius 1 is 1.33 bits per heavy atom. The summed E-state index contributed by atoms with van der Waals surface area (Å²) >= 11 is 3.54. The van der Waals surface area contributed by atoms with Crippen LogP contribution in [0.25, 0.3) is 11.1 Å². The number of aromatic nitrogens is 2. The van der Waals surface area contributed by atoms with Gasteiger partial charge in [-0.05, 0) is 39.5 Å². The minimum Gasteiger partial charge on any atom is -0.495 e. The maximum atomic E-state index is 5.88. The number of H-pyrrole nitrogens is 1. The van der Waals surface area contributed by atoms with Crippen LogP contribution >= 0.6 is 15.9 Å². The molecule has 0 aliphatic carbocycles. The van der Waals surface area contributed by atoms with Crippen LogP contribution in [0, 0.1) is 0 Å². The lowest BCUT2D eigenvalue weighted by Crippen LogP contribution is -1.96. The number of methoxy groups -OCH3 is 1. The number of anilines is 1. The van der Waals surface area contributed by atoms with Crippen molar-refractivity contribution in [3.05, 3.63) is 28.4 Å². The lowest BCUT2D eigenvalue weighted by atomic mass is 9.97. The molecule has 0 bridgehead atoms. The summed E-state index contributed by atoms with van der Waals surface area (Å²) in [4.78, 5) is 0. The molecule has 1 heterocycles. The zero-order chi connectivity index (χ0) is 13.3. The lowest BCUT2D eigenvalue weighted by Gasteiger charge is -2.14. The van der Waals surface area contributed by atoms with E-state index in [0.717, 1.165) is 21.3 Å². The molecule has 0 radical (unpaired) electrons. The van der Waals surface area contributed by atoms with E-state index in [9.17, 15) is 0 Å². The molecule has 0 saturated carbocycles. The van der Waals surface area contributed by atoms with Crippen molar-refractivity contribution in [1.82, 2.24) is 10.2 Å². The summed E-state index contributed by atoms with van der Waals surface area (Å²) in [5.74, 6) is 1.74. The zero-order valence-corrected chi connectivity index (χ0v) is 12.2. The Hall–Kier alpha value is -1.49. The first-order valence-electron chi connectivity index (χ1n) is 5.71. The second-order valence-electron chi connectivity index (χ2n) is 4.44. The molecule has 3 N–H and O–H groups in total. The highest BCUT2D eigenvalue weighted by molar-refractivity contribution is 9.10. The van der Waals surface area contributed by atoms with E-state index < -0.39 is 0 Å². The van der Waals surface area contributed by atoms with Crippen LogP contribution in [0.5, 0.6) is 5.75 Å². The van der Waals surface area contributed by atoms with Crippen LogP contribution in [0.4, 0.5) is 5.82 Å². The molecular formula is C13H16BrN3O. The van der Waals surface area contributed by atoms with E-state index in [4.69, 9.17) is 10.5 Å². The summed E-state index contributed by atoms with van der Waals surface area (Å²) < 4.78 is 6.37. The summed E-state index contributed by atoms with van der Waals surface area (Å²) in [5, 5.41) is 6.70. The second-order valence-corrected chi connectivity index (χ2v) is 5.29. The molecule has 0 saturated heterocycles. The van der Waals surface area contributed by atoms with Crippen molar-refractivity contribution in [2.24, 2.45) is 0 Å². The second kappa shape index (κ2) is 5.02. The lowest BCUT2D eigenvalue weighted by molar-refractivity contribution is 0.413. The van der Waals surface area contributed by atoms with Gasteiger partial charge in [0.1, 0.15) is 11.6 Å². The number of nitrogens with two attached hydrogens (primary N) is 1. The van der Waals surface area contributed by atoms with Gasteiger partial charge < -0.3 is 10.5 Å². The molecule has 0 amide bonds. The minimum absolute atomic E-state index is 0.430. The van der Waals surface area contributed by atoms with Crippen molar-refractivity contribution in [3.63, 3.8) is 0 Å². The highest BCUT2D eigenvalue weighted by Crippen LogP contribution is 2.40. The van der Waals surface area contributed by atoms with Gasteiger partial charge in [0.25, 0.3) is 0 Å². The Labute approximate surface area is 115 Å². The number of rotatable bonds is 3. The largest absolute Gasteiger partial charge is 0.495 e. The van der Waals surface area contributed by atoms with Gasteiger partial charge in [0, 0.05) is 11.1 Å². The molecular weight excluding hydrogens is 294 g/mol. The topological polar surface area (TPSA) is 63.9 Å². The molecule has 96 valence electrons. The van der Waals surface area contributed by atoms with Crippen molar-refractivity contribution in [1.29, 1.82) is 0 Å². The van der Waals surface area contributed by atoms with Gasteiger partial charge >= 0.3 is 0 Å². The van der Waals surface area contributed by atoms with Crippen LogP contribution in [0.15, 0.2) is 22.8 Å². The fourth-order valence-electron chi connectivity index (χ4n) is 1.87. The first-order valence-corrected chi connectivity index (χ1v) is 6.50. The Kier molecular flexibility index (Phi) is 3.61. The summed E-state index contributed by atoms with van der Waals surface area (Å²) in [5.41, 5.74) is 8.91. The molecule has 0 fully saturated rings. The third kappa shape index (κ3) is 2.22. The molecule has 18 heavy (non-hydrogen) atoms. The Morgan fingerprint density at radius 3 is 2.56 bits per heavy atom. The van der Waals surface area contributed by atoms with Gasteiger partial charge in [-0.1, -0.05) is 13.8 Å². The van der Waals surface area contributed by atoms with E-state index in [-0.39, 0.29) is 0 Å². The fraction of sp³-hybridized carbons (Fsp3) is 0.308. The molecule has 1 aromatic heterocycles. The molecule has 1 aromatic carbocycles. The number of aromatic amines is 1. The van der Waals surface area contributed by atoms with Gasteiger partial charge in [-0.25, -0.2) is 0 Å². The standard InChI is InChI=1S/C13H16BrN3O/c1-7(2)8-4-9(10-6-16-17-13(10)15)12(18-3)11(14)5-8/h4-7H,1-3H3,(H3,15,16,17). The number of ether oxygens (including phenoxy) is 1. The van der Waals surface area contributed by atoms with Crippen molar-refractivity contribution in [2.75, 3.05) is 12.8 Å². The molecule has 0 atom stereocenters. The van der Waals surface area contributed by atoms with Crippen molar-refractivity contribution in [2.45, 2.75) is 19.8 Å². The third-order valence-corrected chi connectivity index (χ3v) is 3.48. The SMILES string of the molecule is COc1c(Br)cc(C(C)C)cc1-c1cn[nH]c1N. The molecule has 0 spiro atoms. The maximum Gasteiger partial charge on any atom is 0.141 e. The molecule has 2 rings (SSSR count). The van der Waals surface area contributed by atoms with Gasteiger partial charge in [0.15, 0.2) is 0 Å². The fourth-order valence-corrected chi connectivity index (χ4v) is 2.51. The highest BCUT2D eigenvalue weighted by Gasteiger charge is 2.16. The molecule has 0 aliphatic rings. The Bertz CT molecular complexity index is 563. The van der Waals surface area contributed by atoms with Crippen LogP contribution < -0.4 is 10.5 Å². The van der Waals surface area contributed by atoms with Crippen molar-refractivity contribution >= 4 is 21.7 Å². The predicted octanol–water partition coefficient (Wildman–Crippen LogP) is 3.55. The van der Waals surface area contributed by atoms with E-state index in [1.807, 2.05) is 0 Å².